The fourth-order valence-electron chi connectivity index (χ4n) is 0. The van der Waals surface area contributed by atoms with Crippen molar-refractivity contribution >= 4 is 0 Å². The van der Waals surface area contributed by atoms with Crippen LogP contribution >= 0.6 is 0 Å². The number of rotatable bonds is 0. The first-order valence-corrected chi connectivity index (χ1v) is 1.79. The van der Waals surface area contributed by atoms with Crippen molar-refractivity contribution < 1.29 is 22.4 Å². The quantitative estimate of drug-likeness (QED) is 0.548. The molecule has 1 nitrogen and oxygen atoms in total. The summed E-state index contributed by atoms with van der Waals surface area (Å²) in [5.41, 5.74) is 5.35. The van der Waals surface area contributed by atoms with Gasteiger partial charge in [-0.05, 0) is 20.8 Å². The van der Waals surface area contributed by atoms with Gasteiger partial charge >= 0.3 is 0 Å². The summed E-state index contributed by atoms with van der Waals surface area (Å²) in [4.78, 5) is 0. The Kier molecular flexibility index (Phi) is 4.61. The van der Waals surface area contributed by atoms with Gasteiger partial charge in [-0.2, -0.15) is 0 Å². The van der Waals surface area contributed by atoms with Gasteiger partial charge in [0.15, 0.2) is 0 Å². The molecule has 43 valence electrons. The van der Waals surface area contributed by atoms with Gasteiger partial charge in [0, 0.05) is 27.9 Å². The third-order valence-electron chi connectivity index (χ3n) is 0. The molecule has 0 amide bonds. The Bertz CT molecular complexity index is 23.0. The smallest absolute Gasteiger partial charge is 0.00686 e. The van der Waals surface area contributed by atoms with Crippen molar-refractivity contribution in [1.82, 2.24) is 0 Å². The number of nitrogens with two attached hydrogens (primary N) is 1. The summed E-state index contributed by atoms with van der Waals surface area (Å²) in [7, 11) is 0. The molecular weight excluding hydrogens is 170 g/mol. The minimum atomic E-state index is 0. The summed E-state index contributed by atoms with van der Waals surface area (Å²) in [5, 5.41) is 0. The van der Waals surface area contributed by atoms with Crippen LogP contribution in [-0.4, -0.2) is 5.54 Å². The maximum absolute atomic E-state index is 5.35. The molecule has 0 spiro atoms. The summed E-state index contributed by atoms with van der Waals surface area (Å²) in [6.07, 6.45) is 0. The van der Waals surface area contributed by atoms with Gasteiger partial charge in [0.1, 0.15) is 0 Å². The van der Waals surface area contributed by atoms with Gasteiger partial charge in [0.25, 0.3) is 0 Å². The van der Waals surface area contributed by atoms with E-state index in [1.165, 1.54) is 0 Å². The Labute approximate surface area is 54.8 Å². The Balaban J connectivity index is 0. The van der Waals surface area contributed by atoms with Crippen LogP contribution in [0.2, 0.25) is 0 Å². The van der Waals surface area contributed by atoms with Crippen molar-refractivity contribution in [1.29, 1.82) is 0 Å². The molecule has 0 aromatic carbocycles. The van der Waals surface area contributed by atoms with E-state index in [1.807, 2.05) is 20.8 Å². The Morgan fingerprint density at radius 3 is 1.17 bits per heavy atom. The second-order valence-corrected chi connectivity index (χ2v) is 2.37. The molecule has 0 aliphatic rings. The van der Waals surface area contributed by atoms with E-state index in [2.05, 4.69) is 0 Å². The van der Waals surface area contributed by atoms with Crippen molar-refractivity contribution in [2.24, 2.45) is 5.73 Å². The Morgan fingerprint density at radius 1 is 1.17 bits per heavy atom. The predicted octanol–water partition coefficient (Wildman–Crippen LogP) is 0.741. The molecule has 0 aliphatic heterocycles. The monoisotopic (exact) mass is 180 g/mol. The first kappa shape index (κ1) is 9.85. The van der Waals surface area contributed by atoms with Crippen LogP contribution < -0.4 is 5.73 Å². The number of hydrogen-bond acceptors (Lipinski definition) is 1. The van der Waals surface area contributed by atoms with E-state index in [-0.39, 0.29) is 27.9 Å². The molecule has 1 radical (unpaired) electrons. The second kappa shape index (κ2) is 2.81. The second-order valence-electron chi connectivity index (χ2n) is 2.37. The van der Waals surface area contributed by atoms with Crippen LogP contribution in [0, 0.1) is 0 Å². The number of hydrogen-bond donors (Lipinski definition) is 1. The molecule has 0 aromatic heterocycles. The molecule has 0 unspecified atom stereocenters. The maximum atomic E-state index is 5.35. The van der Waals surface area contributed by atoms with E-state index in [4.69, 9.17) is 5.73 Å². The van der Waals surface area contributed by atoms with Crippen LogP contribution in [0.5, 0.6) is 0 Å². The minimum Gasteiger partial charge on any atom is -0.326 e. The summed E-state index contributed by atoms with van der Waals surface area (Å²) >= 11 is 0. The third-order valence-corrected chi connectivity index (χ3v) is 0. The van der Waals surface area contributed by atoms with Crippen molar-refractivity contribution in [3.63, 3.8) is 0 Å². The molecule has 0 heterocycles. The van der Waals surface area contributed by atoms with E-state index in [0.29, 0.717) is 0 Å². The van der Waals surface area contributed by atoms with Crippen LogP contribution in [-0.2, 0) is 22.4 Å². The van der Waals surface area contributed by atoms with E-state index in [0.717, 1.165) is 0 Å². The Morgan fingerprint density at radius 2 is 1.17 bits per heavy atom. The topological polar surface area (TPSA) is 26.0 Å². The average Bonchev–Trinajstić information content (AvgIpc) is 0.722. The molecule has 0 atom stereocenters. The first-order valence-electron chi connectivity index (χ1n) is 1.79. The van der Waals surface area contributed by atoms with Crippen molar-refractivity contribution in [2.45, 2.75) is 26.3 Å². The molecule has 0 rings (SSSR count). The third kappa shape index (κ3) is 131. The molecule has 0 aliphatic carbocycles. The van der Waals surface area contributed by atoms with Gasteiger partial charge < -0.3 is 5.73 Å². The van der Waals surface area contributed by atoms with Gasteiger partial charge in [-0.25, -0.2) is 0 Å². The normalized spacial score (nSPS) is 10.0. The van der Waals surface area contributed by atoms with E-state index in [9.17, 15) is 0 Å². The van der Waals surface area contributed by atoms with Gasteiger partial charge in [0.05, 0.1) is 0 Å². The molecular formula is C4H11AgN. The van der Waals surface area contributed by atoms with Crippen LogP contribution in [0.4, 0.5) is 0 Å². The average molecular weight is 181 g/mol. The molecule has 0 aromatic rings. The summed E-state index contributed by atoms with van der Waals surface area (Å²) in [5.74, 6) is 0. The zero-order valence-corrected chi connectivity index (χ0v) is 5.86. The molecule has 2 N–H and O–H groups in total. The van der Waals surface area contributed by atoms with E-state index >= 15 is 0 Å². The molecule has 6 heavy (non-hydrogen) atoms. The van der Waals surface area contributed by atoms with Crippen LogP contribution in [0.25, 0.3) is 0 Å². The van der Waals surface area contributed by atoms with Crippen LogP contribution in [0.15, 0.2) is 0 Å². The summed E-state index contributed by atoms with van der Waals surface area (Å²) < 4.78 is 0. The maximum Gasteiger partial charge on any atom is 0.00686 e. The van der Waals surface area contributed by atoms with E-state index < -0.39 is 0 Å². The molecule has 0 saturated carbocycles. The molecule has 0 fully saturated rings. The first-order chi connectivity index (χ1) is 2.00. The van der Waals surface area contributed by atoms with Gasteiger partial charge in [-0.15, -0.1) is 0 Å². The van der Waals surface area contributed by atoms with Crippen LogP contribution in [0.1, 0.15) is 20.8 Å². The SMILES string of the molecule is CC(C)(C)N.[Ag]. The standard InChI is InChI=1S/C4H11N.Ag/c1-4(2,3)5;/h5H2,1-3H3;. The molecule has 0 saturated heterocycles. The zero-order valence-electron chi connectivity index (χ0n) is 4.38. The zero-order chi connectivity index (χ0) is 4.50. The largest absolute Gasteiger partial charge is 0.326 e. The van der Waals surface area contributed by atoms with Crippen molar-refractivity contribution in [3.8, 4) is 0 Å². The summed E-state index contributed by atoms with van der Waals surface area (Å²) in [6, 6.07) is 0. The molecule has 2 heteroatoms. The van der Waals surface area contributed by atoms with Crippen molar-refractivity contribution in [2.75, 3.05) is 0 Å². The fourth-order valence-corrected chi connectivity index (χ4v) is 0. The molecule has 0 bridgehead atoms. The Hall–Kier alpha value is 0.700. The minimum absolute atomic E-state index is 0. The van der Waals surface area contributed by atoms with Gasteiger partial charge in [-0.1, -0.05) is 0 Å². The van der Waals surface area contributed by atoms with Gasteiger partial charge in [0.2, 0.25) is 0 Å². The van der Waals surface area contributed by atoms with Crippen LogP contribution in [0.3, 0.4) is 0 Å². The van der Waals surface area contributed by atoms with E-state index in [1.54, 1.807) is 0 Å². The summed E-state index contributed by atoms with van der Waals surface area (Å²) in [6.45, 7) is 5.90. The van der Waals surface area contributed by atoms with Crippen molar-refractivity contribution in [3.05, 3.63) is 0 Å². The van der Waals surface area contributed by atoms with Gasteiger partial charge in [-0.3, -0.25) is 0 Å². The fraction of sp³-hybridized carbons (Fsp3) is 1.00. The predicted molar refractivity (Wildman–Crippen MR) is 23.9 cm³/mol.